The van der Waals surface area contributed by atoms with Crippen molar-refractivity contribution in [2.24, 2.45) is 0 Å². The van der Waals surface area contributed by atoms with Gasteiger partial charge in [0.15, 0.2) is 0 Å². The lowest BCUT2D eigenvalue weighted by atomic mass is 10.2. The Morgan fingerprint density at radius 3 is 2.83 bits per heavy atom. The molecule has 0 fully saturated rings. The highest BCUT2D eigenvalue weighted by atomic mass is 32.1. The number of nitrogens with one attached hydrogen (secondary N) is 2. The van der Waals surface area contributed by atoms with Crippen molar-refractivity contribution in [3.05, 3.63) is 32.7 Å². The van der Waals surface area contributed by atoms with Gasteiger partial charge >= 0.3 is 18.0 Å². The van der Waals surface area contributed by atoms with Gasteiger partial charge in [0.1, 0.15) is 11.5 Å². The van der Waals surface area contributed by atoms with E-state index < -0.39 is 18.0 Å². The highest BCUT2D eigenvalue weighted by Gasteiger charge is 2.25. The fourth-order valence-electron chi connectivity index (χ4n) is 2.71. The lowest BCUT2D eigenvalue weighted by Crippen LogP contribution is -2.45. The summed E-state index contributed by atoms with van der Waals surface area (Å²) in [5.74, 6) is -0.982. The van der Waals surface area contributed by atoms with Gasteiger partial charge in [0.2, 0.25) is 0 Å². The van der Waals surface area contributed by atoms with Crippen molar-refractivity contribution in [1.29, 1.82) is 0 Å². The van der Waals surface area contributed by atoms with Crippen LogP contribution in [0.5, 0.6) is 0 Å². The monoisotopic (exact) mass is 350 g/mol. The molecule has 1 aliphatic heterocycles. The van der Waals surface area contributed by atoms with E-state index in [1.165, 1.54) is 21.8 Å². The van der Waals surface area contributed by atoms with E-state index in [1.54, 1.807) is 6.92 Å². The molecular formula is C16H18N2O5S. The van der Waals surface area contributed by atoms with Crippen LogP contribution in [0, 0.1) is 0 Å². The predicted octanol–water partition coefficient (Wildman–Crippen LogP) is 1.52. The van der Waals surface area contributed by atoms with Crippen molar-refractivity contribution < 1.29 is 23.9 Å². The molecule has 2 heterocycles. The van der Waals surface area contributed by atoms with Crippen LogP contribution in [-0.4, -0.2) is 37.7 Å². The summed E-state index contributed by atoms with van der Waals surface area (Å²) < 4.78 is 10.2. The van der Waals surface area contributed by atoms with Crippen LogP contribution in [0.1, 0.15) is 33.5 Å². The number of esters is 2. The second-order valence-electron chi connectivity index (χ2n) is 5.47. The molecule has 3 rings (SSSR count). The number of rotatable bonds is 5. The molecule has 2 amide bonds. The largest absolute Gasteiger partial charge is 0.463 e. The molecule has 0 radical (unpaired) electrons. The Bertz CT molecular complexity index is 701. The van der Waals surface area contributed by atoms with Crippen molar-refractivity contribution in [2.45, 2.75) is 26.2 Å². The number of ether oxygens (including phenoxy) is 2. The maximum atomic E-state index is 12.2. The number of carbonyl (C=O) groups is 3. The third-order valence-corrected chi connectivity index (χ3v) is 5.09. The molecule has 0 aromatic carbocycles. The minimum Gasteiger partial charge on any atom is -0.463 e. The second-order valence-corrected chi connectivity index (χ2v) is 6.61. The summed E-state index contributed by atoms with van der Waals surface area (Å²) >= 11 is 1.45. The summed E-state index contributed by atoms with van der Waals surface area (Å²) in [7, 11) is 0. The average molecular weight is 350 g/mol. The van der Waals surface area contributed by atoms with Crippen LogP contribution >= 0.6 is 11.3 Å². The molecule has 0 atom stereocenters. The lowest BCUT2D eigenvalue weighted by Gasteiger charge is -2.21. The molecule has 0 spiro atoms. The Morgan fingerprint density at radius 1 is 1.25 bits per heavy atom. The molecule has 128 valence electrons. The number of hydrogen-bond donors (Lipinski definition) is 2. The van der Waals surface area contributed by atoms with Gasteiger partial charge in [-0.25, -0.2) is 14.4 Å². The van der Waals surface area contributed by atoms with E-state index in [4.69, 9.17) is 9.47 Å². The van der Waals surface area contributed by atoms with E-state index in [2.05, 4.69) is 10.6 Å². The van der Waals surface area contributed by atoms with Crippen LogP contribution in [-0.2, 0) is 27.1 Å². The molecule has 2 N–H and O–H groups in total. The fraction of sp³-hybridized carbons (Fsp3) is 0.438. The Balaban J connectivity index is 1.68. The van der Waals surface area contributed by atoms with Gasteiger partial charge in [0.25, 0.3) is 0 Å². The molecule has 1 aromatic heterocycles. The van der Waals surface area contributed by atoms with Crippen LogP contribution in [0.2, 0.25) is 0 Å². The molecule has 1 aromatic rings. The first-order valence-corrected chi connectivity index (χ1v) is 8.62. The first-order valence-electron chi connectivity index (χ1n) is 7.81. The summed E-state index contributed by atoms with van der Waals surface area (Å²) in [6.45, 7) is 1.79. The minimum absolute atomic E-state index is 0.0465. The SMILES string of the molecule is CCOC(=O)C1=C(COC(=O)c2cc3c(s2)CCC3)NC(=O)NC1. The highest BCUT2D eigenvalue weighted by molar-refractivity contribution is 7.14. The van der Waals surface area contributed by atoms with Crippen LogP contribution in [0.4, 0.5) is 4.79 Å². The van der Waals surface area contributed by atoms with Crippen LogP contribution in [0.15, 0.2) is 17.3 Å². The summed E-state index contributed by atoms with van der Waals surface area (Å²) in [6.07, 6.45) is 3.14. The normalized spacial score (nSPS) is 16.3. The predicted molar refractivity (Wildman–Crippen MR) is 86.8 cm³/mol. The summed E-state index contributed by atoms with van der Waals surface area (Å²) in [6, 6.07) is 1.43. The zero-order valence-corrected chi connectivity index (χ0v) is 14.1. The first kappa shape index (κ1) is 16.5. The van der Waals surface area contributed by atoms with Gasteiger partial charge in [0.05, 0.1) is 24.4 Å². The lowest BCUT2D eigenvalue weighted by molar-refractivity contribution is -0.138. The van der Waals surface area contributed by atoms with Gasteiger partial charge in [-0.15, -0.1) is 11.3 Å². The van der Waals surface area contributed by atoms with Gasteiger partial charge < -0.3 is 20.1 Å². The van der Waals surface area contributed by atoms with Crippen LogP contribution in [0.3, 0.4) is 0 Å². The zero-order chi connectivity index (χ0) is 17.1. The number of aryl methyl sites for hydroxylation is 2. The third kappa shape index (κ3) is 3.43. The number of carbonyl (C=O) groups excluding carboxylic acids is 3. The molecule has 8 heteroatoms. The molecule has 1 aliphatic carbocycles. The second kappa shape index (κ2) is 7.04. The number of amides is 2. The maximum absolute atomic E-state index is 12.2. The van der Waals surface area contributed by atoms with E-state index in [-0.39, 0.29) is 31.0 Å². The highest BCUT2D eigenvalue weighted by Crippen LogP contribution is 2.31. The number of hydrogen-bond acceptors (Lipinski definition) is 6. The van der Waals surface area contributed by atoms with Crippen molar-refractivity contribution in [3.63, 3.8) is 0 Å². The molecule has 0 saturated carbocycles. The fourth-order valence-corrected chi connectivity index (χ4v) is 3.85. The summed E-state index contributed by atoms with van der Waals surface area (Å²) in [5, 5.41) is 5.01. The first-order chi connectivity index (χ1) is 11.6. The van der Waals surface area contributed by atoms with Crippen molar-refractivity contribution in [3.8, 4) is 0 Å². The molecule has 24 heavy (non-hydrogen) atoms. The van der Waals surface area contributed by atoms with E-state index in [9.17, 15) is 14.4 Å². The van der Waals surface area contributed by atoms with Crippen molar-refractivity contribution in [1.82, 2.24) is 10.6 Å². The minimum atomic E-state index is -0.536. The van der Waals surface area contributed by atoms with E-state index >= 15 is 0 Å². The van der Waals surface area contributed by atoms with Gasteiger partial charge in [-0.2, -0.15) is 0 Å². The number of fused-ring (bicyclic) bond motifs is 1. The standard InChI is InChI=1S/C16H18N2O5S/c1-2-22-14(19)10-7-17-16(21)18-11(10)8-23-15(20)13-6-9-4-3-5-12(9)24-13/h6H,2-5,7-8H2,1H3,(H2,17,18,21). The van der Waals surface area contributed by atoms with Crippen molar-refractivity contribution in [2.75, 3.05) is 19.8 Å². The smallest absolute Gasteiger partial charge is 0.348 e. The average Bonchev–Trinajstić information content (AvgIpc) is 3.14. The molecule has 0 bridgehead atoms. The van der Waals surface area contributed by atoms with Gasteiger partial charge in [-0.05, 0) is 37.8 Å². The molecule has 2 aliphatic rings. The summed E-state index contributed by atoms with van der Waals surface area (Å²) in [4.78, 5) is 37.4. The van der Waals surface area contributed by atoms with E-state index in [0.29, 0.717) is 4.88 Å². The van der Waals surface area contributed by atoms with Crippen molar-refractivity contribution >= 4 is 29.3 Å². The molecule has 0 saturated heterocycles. The van der Waals surface area contributed by atoms with Gasteiger partial charge in [-0.3, -0.25) is 0 Å². The Kier molecular flexibility index (Phi) is 4.84. The zero-order valence-electron chi connectivity index (χ0n) is 13.3. The van der Waals surface area contributed by atoms with Gasteiger partial charge in [-0.1, -0.05) is 0 Å². The topological polar surface area (TPSA) is 93.7 Å². The Hall–Kier alpha value is -2.35. The maximum Gasteiger partial charge on any atom is 0.348 e. The number of urea groups is 1. The molecule has 7 nitrogen and oxygen atoms in total. The van der Waals surface area contributed by atoms with E-state index in [0.717, 1.165) is 19.3 Å². The van der Waals surface area contributed by atoms with E-state index in [1.807, 2.05) is 6.07 Å². The van der Waals surface area contributed by atoms with Crippen LogP contribution < -0.4 is 10.6 Å². The number of thiophene rings is 1. The van der Waals surface area contributed by atoms with Crippen LogP contribution in [0.25, 0.3) is 0 Å². The molecule has 0 unspecified atom stereocenters. The van der Waals surface area contributed by atoms with Gasteiger partial charge in [0, 0.05) is 4.88 Å². The Labute approximate surface area is 143 Å². The third-order valence-electron chi connectivity index (χ3n) is 3.87. The summed E-state index contributed by atoms with van der Waals surface area (Å²) in [5.41, 5.74) is 1.74. The Morgan fingerprint density at radius 2 is 2.08 bits per heavy atom. The molecular weight excluding hydrogens is 332 g/mol. The quantitative estimate of drug-likeness (QED) is 0.786.